The molecule has 2 aromatic heterocycles. The molecule has 0 saturated heterocycles. The highest BCUT2D eigenvalue weighted by Crippen LogP contribution is 2.08. The fourth-order valence-corrected chi connectivity index (χ4v) is 1.04. The van der Waals surface area contributed by atoms with Crippen molar-refractivity contribution in [3.8, 4) is 11.4 Å². The number of hydrogen-bond acceptors (Lipinski definition) is 5. The molecule has 0 radical (unpaired) electrons. The Balaban J connectivity index is 0.000000980. The van der Waals surface area contributed by atoms with Gasteiger partial charge in [-0.3, -0.25) is 0 Å². The van der Waals surface area contributed by atoms with Crippen molar-refractivity contribution in [2.45, 2.75) is 0 Å². The second-order valence-electron chi connectivity index (χ2n) is 2.38. The molecule has 6 nitrogen and oxygen atoms in total. The van der Waals surface area contributed by atoms with Crippen LogP contribution in [-0.2, 0) is 0 Å². The van der Waals surface area contributed by atoms with Crippen LogP contribution in [0.15, 0.2) is 35.2 Å². The molecule has 0 aliphatic heterocycles. The van der Waals surface area contributed by atoms with Gasteiger partial charge in [-0.05, 0) is 6.07 Å². The third-order valence-corrected chi connectivity index (χ3v) is 1.62. The van der Waals surface area contributed by atoms with Gasteiger partial charge in [-0.2, -0.15) is 0 Å². The van der Waals surface area contributed by atoms with Crippen LogP contribution in [0.2, 0.25) is 0 Å². The van der Waals surface area contributed by atoms with Crippen LogP contribution >= 0.6 is 0 Å². The zero-order chi connectivity index (χ0) is 9.10. The largest absolute Gasteiger partial charge is 1.00 e. The Kier molecular flexibility index (Phi) is 3.55. The van der Waals surface area contributed by atoms with E-state index in [1.165, 1.54) is 6.26 Å². The number of nitrogen functional groups attached to an aromatic ring is 1. The predicted molar refractivity (Wildman–Crippen MR) is 43.5 cm³/mol. The van der Waals surface area contributed by atoms with Gasteiger partial charge < -0.3 is 21.5 Å². The van der Waals surface area contributed by atoms with Crippen LogP contribution in [0.1, 0.15) is 0 Å². The molecule has 0 saturated carbocycles. The van der Waals surface area contributed by atoms with Crippen molar-refractivity contribution in [2.24, 2.45) is 5.84 Å². The van der Waals surface area contributed by atoms with Gasteiger partial charge in [0.05, 0.1) is 0 Å². The first-order valence-corrected chi connectivity index (χ1v) is 3.66. The molecule has 2 aromatic rings. The van der Waals surface area contributed by atoms with Crippen LogP contribution in [0.25, 0.3) is 11.4 Å². The van der Waals surface area contributed by atoms with Crippen molar-refractivity contribution in [1.82, 2.24) is 10.4 Å². The number of nitrogens with zero attached hydrogens (tertiary/aromatic N) is 3. The fraction of sp³-hybridized carbons (Fsp3) is 0. The molecule has 0 unspecified atom stereocenters. The van der Waals surface area contributed by atoms with E-state index in [0.29, 0.717) is 5.69 Å². The normalized spacial score (nSPS) is 9.21. The van der Waals surface area contributed by atoms with Gasteiger partial charge in [0.2, 0.25) is 11.9 Å². The van der Waals surface area contributed by atoms with Gasteiger partial charge in [0.25, 0.3) is 5.69 Å². The Morgan fingerprint density at radius 2 is 2.29 bits per heavy atom. The van der Waals surface area contributed by atoms with Crippen LogP contribution in [0.3, 0.4) is 0 Å². The Morgan fingerprint density at radius 3 is 2.93 bits per heavy atom. The van der Waals surface area contributed by atoms with Gasteiger partial charge in [0.15, 0.2) is 6.26 Å². The zero-order valence-corrected chi connectivity index (χ0v) is 8.68. The number of hydrogen-bond donors (Lipinski definition) is 2. The van der Waals surface area contributed by atoms with Crippen molar-refractivity contribution >= 4 is 0 Å². The third kappa shape index (κ3) is 1.88. The van der Waals surface area contributed by atoms with Gasteiger partial charge in [-0.25, -0.2) is 5.84 Å². The average molecular weight is 258 g/mol. The maximum absolute atomic E-state index is 5.29. The standard InChI is InChI=1S/C7H8N5O.BrH/c8-10-12-4-2-1-3-7(12)6-5-13-11-9-6;/h1-5,10H,8H2;1H/q+1;/p-1. The summed E-state index contributed by atoms with van der Waals surface area (Å²) in [6.07, 6.45) is 3.22. The van der Waals surface area contributed by atoms with Gasteiger partial charge in [-0.15, -0.1) is 10.6 Å². The molecular formula is C7H8BrN5O. The molecule has 2 rings (SSSR count). The van der Waals surface area contributed by atoms with Crippen molar-refractivity contribution in [2.75, 3.05) is 5.53 Å². The quantitative estimate of drug-likeness (QED) is 0.331. The minimum Gasteiger partial charge on any atom is -1.00 e. The molecule has 3 N–H and O–H groups in total. The van der Waals surface area contributed by atoms with Crippen molar-refractivity contribution in [3.05, 3.63) is 30.7 Å². The molecule has 0 bridgehead atoms. The highest BCUT2D eigenvalue weighted by Gasteiger charge is 2.14. The summed E-state index contributed by atoms with van der Waals surface area (Å²) in [7, 11) is 0. The molecule has 0 aliphatic rings. The summed E-state index contributed by atoms with van der Waals surface area (Å²) in [4.78, 5) is 0. The lowest BCUT2D eigenvalue weighted by molar-refractivity contribution is -0.640. The van der Waals surface area contributed by atoms with Crippen molar-refractivity contribution in [3.63, 3.8) is 0 Å². The molecule has 0 aliphatic carbocycles. The molecule has 0 atom stereocenters. The minimum absolute atomic E-state index is 0. The first-order valence-electron chi connectivity index (χ1n) is 3.66. The summed E-state index contributed by atoms with van der Waals surface area (Å²) >= 11 is 0. The minimum atomic E-state index is 0. The molecule has 0 aromatic carbocycles. The number of aromatic nitrogens is 3. The molecule has 0 spiro atoms. The van der Waals surface area contributed by atoms with Crippen molar-refractivity contribution < 1.29 is 26.2 Å². The fourth-order valence-electron chi connectivity index (χ4n) is 1.04. The maximum Gasteiger partial charge on any atom is 0.267 e. The van der Waals surface area contributed by atoms with E-state index in [2.05, 4.69) is 20.4 Å². The van der Waals surface area contributed by atoms with Crippen LogP contribution in [0.4, 0.5) is 0 Å². The number of pyridine rings is 1. The van der Waals surface area contributed by atoms with Crippen LogP contribution in [0, 0.1) is 0 Å². The molecular weight excluding hydrogens is 250 g/mol. The first-order chi connectivity index (χ1) is 6.42. The summed E-state index contributed by atoms with van der Waals surface area (Å²) in [5, 5.41) is 7.13. The molecule has 7 heteroatoms. The lowest BCUT2D eigenvalue weighted by Gasteiger charge is -1.95. The average Bonchev–Trinajstić information content (AvgIpc) is 2.70. The van der Waals surface area contributed by atoms with E-state index in [1.807, 2.05) is 18.2 Å². The van der Waals surface area contributed by atoms with E-state index >= 15 is 0 Å². The number of nitrogens with two attached hydrogens (primary N) is 1. The van der Waals surface area contributed by atoms with E-state index < -0.39 is 0 Å². The van der Waals surface area contributed by atoms with Gasteiger partial charge in [0, 0.05) is 17.4 Å². The van der Waals surface area contributed by atoms with E-state index in [-0.39, 0.29) is 17.0 Å². The Morgan fingerprint density at radius 1 is 1.43 bits per heavy atom. The number of halogens is 1. The lowest BCUT2D eigenvalue weighted by atomic mass is 10.3. The topological polar surface area (TPSA) is 80.9 Å². The number of hydrazine groups is 1. The molecule has 74 valence electrons. The van der Waals surface area contributed by atoms with Crippen LogP contribution in [-0.4, -0.2) is 10.4 Å². The maximum atomic E-state index is 5.29. The Hall–Kier alpha value is -1.47. The highest BCUT2D eigenvalue weighted by molar-refractivity contribution is 5.46. The Labute approximate surface area is 90.4 Å². The first kappa shape index (κ1) is 10.6. The number of nitrogens with one attached hydrogen (secondary N) is 1. The SMILES string of the molecule is NN[n+]1ccccc1-c1conn1.[Br-]. The predicted octanol–water partition coefficient (Wildman–Crippen LogP) is -3.55. The summed E-state index contributed by atoms with van der Waals surface area (Å²) < 4.78 is 6.24. The van der Waals surface area contributed by atoms with Gasteiger partial charge >= 0.3 is 0 Å². The molecule has 0 amide bonds. The highest BCUT2D eigenvalue weighted by atomic mass is 79.9. The molecule has 0 fully saturated rings. The lowest BCUT2D eigenvalue weighted by Crippen LogP contribution is -3.00. The summed E-state index contributed by atoms with van der Waals surface area (Å²) in [5.41, 5.74) is 3.90. The van der Waals surface area contributed by atoms with E-state index in [9.17, 15) is 0 Å². The van der Waals surface area contributed by atoms with Crippen LogP contribution < -0.4 is 33.0 Å². The summed E-state index contributed by atoms with van der Waals surface area (Å²) in [5.74, 6) is 5.29. The van der Waals surface area contributed by atoms with E-state index in [0.717, 1.165) is 5.69 Å². The Bertz CT molecular complexity index is 391. The van der Waals surface area contributed by atoms with Crippen LogP contribution in [0.5, 0.6) is 0 Å². The zero-order valence-electron chi connectivity index (χ0n) is 7.09. The third-order valence-electron chi connectivity index (χ3n) is 1.62. The van der Waals surface area contributed by atoms with Crippen molar-refractivity contribution in [1.29, 1.82) is 0 Å². The van der Waals surface area contributed by atoms with E-state index in [4.69, 9.17) is 5.84 Å². The smallest absolute Gasteiger partial charge is 0.267 e. The second-order valence-corrected chi connectivity index (χ2v) is 2.38. The molecule has 2 heterocycles. The number of rotatable bonds is 2. The van der Waals surface area contributed by atoms with Gasteiger partial charge in [-0.1, -0.05) is 4.68 Å². The monoisotopic (exact) mass is 257 g/mol. The summed E-state index contributed by atoms with van der Waals surface area (Å²) in [6, 6.07) is 5.56. The summed E-state index contributed by atoms with van der Waals surface area (Å²) in [6.45, 7) is 0. The molecule has 14 heavy (non-hydrogen) atoms. The second kappa shape index (κ2) is 4.68. The van der Waals surface area contributed by atoms with E-state index in [1.54, 1.807) is 10.9 Å². The van der Waals surface area contributed by atoms with Gasteiger partial charge in [0.1, 0.15) is 0 Å².